The van der Waals surface area contributed by atoms with Gasteiger partial charge in [-0.2, -0.15) is 0 Å². The molecule has 1 N–H and O–H groups in total. The largest absolute Gasteiger partial charge is 0.378 e. The Kier molecular flexibility index (Phi) is 6.53. The van der Waals surface area contributed by atoms with E-state index in [0.29, 0.717) is 24.0 Å². The monoisotopic (exact) mass is 442 g/mol. The van der Waals surface area contributed by atoms with E-state index in [1.54, 1.807) is 19.2 Å². The van der Waals surface area contributed by atoms with Crippen LogP contribution < -0.4 is 5.69 Å². The van der Waals surface area contributed by atoms with Gasteiger partial charge in [0.15, 0.2) is 5.78 Å². The molecule has 3 heterocycles. The summed E-state index contributed by atoms with van der Waals surface area (Å²) in [4.78, 5) is 44.5. The summed E-state index contributed by atoms with van der Waals surface area (Å²) in [6.07, 6.45) is 3.81. The van der Waals surface area contributed by atoms with Crippen LogP contribution >= 0.6 is 0 Å². The number of piperidine rings is 2. The van der Waals surface area contributed by atoms with Crippen molar-refractivity contribution in [1.82, 2.24) is 19.4 Å². The van der Waals surface area contributed by atoms with E-state index in [4.69, 9.17) is 4.74 Å². The third kappa shape index (κ3) is 4.52. The molecular formula is C24H34N4O4. The molecule has 0 unspecified atom stereocenters. The summed E-state index contributed by atoms with van der Waals surface area (Å²) in [6, 6.07) is 5.54. The van der Waals surface area contributed by atoms with Crippen molar-refractivity contribution in [2.75, 3.05) is 39.8 Å². The number of imidazole rings is 1. The highest BCUT2D eigenvalue weighted by Crippen LogP contribution is 2.27. The normalized spacial score (nSPS) is 20.0. The van der Waals surface area contributed by atoms with Crippen molar-refractivity contribution in [3.63, 3.8) is 0 Å². The van der Waals surface area contributed by atoms with Gasteiger partial charge in [0.05, 0.1) is 23.2 Å². The molecule has 2 aliphatic rings. The average molecular weight is 443 g/mol. The van der Waals surface area contributed by atoms with E-state index in [2.05, 4.69) is 16.8 Å². The fourth-order valence-electron chi connectivity index (χ4n) is 4.93. The van der Waals surface area contributed by atoms with Crippen LogP contribution in [0.1, 0.15) is 62.4 Å². The predicted molar refractivity (Wildman–Crippen MR) is 123 cm³/mol. The van der Waals surface area contributed by atoms with Crippen LogP contribution in [0.3, 0.4) is 0 Å². The van der Waals surface area contributed by atoms with Crippen LogP contribution in [0.5, 0.6) is 0 Å². The lowest BCUT2D eigenvalue weighted by atomic mass is 9.93. The number of likely N-dealkylation sites (tertiary alicyclic amines) is 2. The standard InChI is InChI=1S/C24H34N4O4/c1-4-21(29)17-5-6-20-19(15-17)25-23(31)28(20)18-7-11-26(12-8-18)16-22(30)27-13-9-24(2,32-3)10-14-27/h5-6,15,18H,4,7-14,16H2,1-3H3,(H,25,31). The van der Waals surface area contributed by atoms with Gasteiger partial charge in [-0.15, -0.1) is 0 Å². The van der Waals surface area contributed by atoms with E-state index in [9.17, 15) is 14.4 Å². The van der Waals surface area contributed by atoms with Crippen molar-refractivity contribution in [3.8, 4) is 0 Å². The molecule has 174 valence electrons. The van der Waals surface area contributed by atoms with Gasteiger partial charge in [0.2, 0.25) is 5.91 Å². The first kappa shape index (κ1) is 22.7. The van der Waals surface area contributed by atoms with Crippen molar-refractivity contribution in [3.05, 3.63) is 34.2 Å². The van der Waals surface area contributed by atoms with Crippen LogP contribution in [-0.2, 0) is 9.53 Å². The Bertz CT molecular complexity index is 1040. The summed E-state index contributed by atoms with van der Waals surface area (Å²) >= 11 is 0. The predicted octanol–water partition coefficient (Wildman–Crippen LogP) is 2.59. The minimum atomic E-state index is -0.134. The molecule has 0 bridgehead atoms. The Balaban J connectivity index is 1.36. The second-order valence-electron chi connectivity index (χ2n) is 9.35. The van der Waals surface area contributed by atoms with Crippen LogP contribution in [-0.4, -0.2) is 76.5 Å². The van der Waals surface area contributed by atoms with Crippen molar-refractivity contribution in [2.45, 2.75) is 57.6 Å². The molecule has 1 aromatic heterocycles. The topological polar surface area (TPSA) is 87.6 Å². The summed E-state index contributed by atoms with van der Waals surface area (Å²) in [5.74, 6) is 0.248. The third-order valence-corrected chi connectivity index (χ3v) is 7.31. The SMILES string of the molecule is CCC(=O)c1ccc2c(c1)[nH]c(=O)n2C1CCN(CC(=O)N2CCC(C)(OC)CC2)CC1. The number of carbonyl (C=O) groups is 2. The average Bonchev–Trinajstić information content (AvgIpc) is 3.14. The fraction of sp³-hybridized carbons (Fsp3) is 0.625. The van der Waals surface area contributed by atoms with Gasteiger partial charge in [-0.05, 0) is 50.8 Å². The number of benzene rings is 1. The fourth-order valence-corrected chi connectivity index (χ4v) is 4.93. The minimum Gasteiger partial charge on any atom is -0.378 e. The first-order chi connectivity index (χ1) is 15.3. The molecule has 4 rings (SSSR count). The van der Waals surface area contributed by atoms with E-state index < -0.39 is 0 Å². The highest BCUT2D eigenvalue weighted by Gasteiger charge is 2.32. The number of ketones is 1. The number of H-pyrrole nitrogens is 1. The lowest BCUT2D eigenvalue weighted by Crippen LogP contribution is -2.50. The van der Waals surface area contributed by atoms with Gasteiger partial charge in [0, 0.05) is 51.3 Å². The van der Waals surface area contributed by atoms with E-state index in [0.717, 1.165) is 57.4 Å². The molecule has 1 aromatic carbocycles. The molecule has 1 amide bonds. The lowest BCUT2D eigenvalue weighted by Gasteiger charge is -2.39. The van der Waals surface area contributed by atoms with Gasteiger partial charge in [0.1, 0.15) is 0 Å². The van der Waals surface area contributed by atoms with Gasteiger partial charge in [0.25, 0.3) is 0 Å². The summed E-state index contributed by atoms with van der Waals surface area (Å²) in [5, 5.41) is 0. The number of amides is 1. The van der Waals surface area contributed by atoms with Gasteiger partial charge in [-0.25, -0.2) is 4.79 Å². The lowest BCUT2D eigenvalue weighted by molar-refractivity contribution is -0.137. The molecule has 2 fully saturated rings. The highest BCUT2D eigenvalue weighted by atomic mass is 16.5. The Morgan fingerprint density at radius 3 is 2.47 bits per heavy atom. The maximum atomic E-state index is 12.8. The Labute approximate surface area is 188 Å². The van der Waals surface area contributed by atoms with Gasteiger partial charge in [-0.1, -0.05) is 6.92 Å². The summed E-state index contributed by atoms with van der Waals surface area (Å²) in [5.41, 5.74) is 1.92. The summed E-state index contributed by atoms with van der Waals surface area (Å²) < 4.78 is 7.40. The van der Waals surface area contributed by atoms with E-state index in [-0.39, 0.29) is 29.0 Å². The number of carbonyl (C=O) groups excluding carboxylic acids is 2. The van der Waals surface area contributed by atoms with Crippen LogP contribution in [0.2, 0.25) is 0 Å². The number of nitrogens with zero attached hydrogens (tertiary/aromatic N) is 3. The first-order valence-electron chi connectivity index (χ1n) is 11.7. The third-order valence-electron chi connectivity index (χ3n) is 7.31. The number of nitrogens with one attached hydrogen (secondary N) is 1. The smallest absolute Gasteiger partial charge is 0.326 e. The molecule has 2 aromatic rings. The zero-order valence-corrected chi connectivity index (χ0v) is 19.4. The van der Waals surface area contributed by atoms with E-state index in [1.165, 1.54) is 0 Å². The molecule has 2 aliphatic heterocycles. The number of aromatic nitrogens is 2. The number of aromatic amines is 1. The van der Waals surface area contributed by atoms with Crippen LogP contribution in [0, 0.1) is 0 Å². The number of ether oxygens (including phenoxy) is 1. The second kappa shape index (κ2) is 9.19. The van der Waals surface area contributed by atoms with Crippen LogP contribution in [0.15, 0.2) is 23.0 Å². The minimum absolute atomic E-state index is 0.0685. The van der Waals surface area contributed by atoms with E-state index in [1.807, 2.05) is 22.5 Å². The zero-order chi connectivity index (χ0) is 22.9. The molecule has 8 nitrogen and oxygen atoms in total. The quantitative estimate of drug-likeness (QED) is 0.695. The number of methoxy groups -OCH3 is 1. The van der Waals surface area contributed by atoms with Crippen molar-refractivity contribution < 1.29 is 14.3 Å². The molecule has 0 aliphatic carbocycles. The number of hydrogen-bond donors (Lipinski definition) is 1. The molecule has 32 heavy (non-hydrogen) atoms. The Morgan fingerprint density at radius 1 is 1.16 bits per heavy atom. The number of hydrogen-bond acceptors (Lipinski definition) is 5. The Morgan fingerprint density at radius 2 is 1.84 bits per heavy atom. The van der Waals surface area contributed by atoms with Crippen LogP contribution in [0.25, 0.3) is 11.0 Å². The Hall–Kier alpha value is -2.45. The molecule has 0 atom stereocenters. The number of Topliss-reactive ketones (excluding diaryl/α,β-unsaturated/α-hetero) is 1. The first-order valence-corrected chi connectivity index (χ1v) is 11.7. The van der Waals surface area contributed by atoms with Crippen molar-refractivity contribution >= 4 is 22.7 Å². The maximum absolute atomic E-state index is 12.8. The zero-order valence-electron chi connectivity index (χ0n) is 19.4. The maximum Gasteiger partial charge on any atom is 0.326 e. The molecular weight excluding hydrogens is 408 g/mol. The molecule has 2 saturated heterocycles. The number of fused-ring (bicyclic) bond motifs is 1. The summed E-state index contributed by atoms with van der Waals surface area (Å²) in [7, 11) is 1.74. The molecule has 0 saturated carbocycles. The van der Waals surface area contributed by atoms with Crippen molar-refractivity contribution in [1.29, 1.82) is 0 Å². The number of rotatable bonds is 6. The van der Waals surface area contributed by atoms with Gasteiger partial charge < -0.3 is 14.6 Å². The van der Waals surface area contributed by atoms with Crippen LogP contribution in [0.4, 0.5) is 0 Å². The summed E-state index contributed by atoms with van der Waals surface area (Å²) in [6.45, 7) is 7.42. The van der Waals surface area contributed by atoms with Gasteiger partial charge >= 0.3 is 5.69 Å². The van der Waals surface area contributed by atoms with Crippen molar-refractivity contribution in [2.24, 2.45) is 0 Å². The van der Waals surface area contributed by atoms with Gasteiger partial charge in [-0.3, -0.25) is 19.1 Å². The molecule has 0 spiro atoms. The molecule has 0 radical (unpaired) electrons. The van der Waals surface area contributed by atoms with E-state index >= 15 is 0 Å². The second-order valence-corrected chi connectivity index (χ2v) is 9.35. The highest BCUT2D eigenvalue weighted by molar-refractivity contribution is 5.98. The molecule has 8 heteroatoms.